The molecule has 0 heterocycles. The monoisotopic (exact) mass is 183 g/mol. The molecule has 1 N–H and O–H groups in total. The number of nitrogens with one attached hydrogen (secondary N) is 1. The third kappa shape index (κ3) is 2.54. The molecule has 3 heteroatoms. The van der Waals surface area contributed by atoms with Crippen molar-refractivity contribution in [2.45, 2.75) is 6.92 Å². The van der Waals surface area contributed by atoms with Gasteiger partial charge in [0.25, 0.3) is 0 Å². The van der Waals surface area contributed by atoms with Crippen molar-refractivity contribution < 1.29 is 8.78 Å². The largest absolute Gasteiger partial charge is 0.377 e. The van der Waals surface area contributed by atoms with Gasteiger partial charge >= 0.3 is 0 Å². The summed E-state index contributed by atoms with van der Waals surface area (Å²) in [5.74, 6) is -1.16. The minimum atomic E-state index is -0.582. The molecule has 0 aliphatic carbocycles. The molecule has 0 saturated carbocycles. The Morgan fingerprint density at radius 3 is 2.38 bits per heavy atom. The molecule has 0 unspecified atom stereocenters. The highest BCUT2D eigenvalue weighted by Crippen LogP contribution is 2.17. The van der Waals surface area contributed by atoms with Gasteiger partial charge in [-0.15, -0.1) is 0 Å². The lowest BCUT2D eigenvalue weighted by atomic mass is 10.2. The summed E-state index contributed by atoms with van der Waals surface area (Å²) in [6.07, 6.45) is 0. The fourth-order valence-electron chi connectivity index (χ4n) is 0.906. The van der Waals surface area contributed by atoms with Crippen molar-refractivity contribution in [2.24, 2.45) is 0 Å². The van der Waals surface area contributed by atoms with Crippen molar-refractivity contribution in [1.29, 1.82) is 0 Å². The molecule has 0 saturated heterocycles. The van der Waals surface area contributed by atoms with Gasteiger partial charge in [-0.2, -0.15) is 0 Å². The second-order valence-corrected chi connectivity index (χ2v) is 2.91. The Morgan fingerprint density at radius 2 is 1.92 bits per heavy atom. The number of hydrogen-bond donors (Lipinski definition) is 1. The maximum Gasteiger partial charge on any atom is 0.149 e. The van der Waals surface area contributed by atoms with Crippen LogP contribution >= 0.6 is 0 Å². The van der Waals surface area contributed by atoms with E-state index in [1.807, 2.05) is 0 Å². The first-order valence-electron chi connectivity index (χ1n) is 3.93. The SMILES string of the molecule is C=C(C)CNc1c(F)cccc1F. The molecular formula is C10H11F2N. The Balaban J connectivity index is 2.81. The van der Waals surface area contributed by atoms with E-state index in [9.17, 15) is 8.78 Å². The Hall–Kier alpha value is -1.38. The number of rotatable bonds is 3. The smallest absolute Gasteiger partial charge is 0.149 e. The third-order valence-corrected chi connectivity index (χ3v) is 1.53. The van der Waals surface area contributed by atoms with Gasteiger partial charge in [-0.25, -0.2) is 8.78 Å². The van der Waals surface area contributed by atoms with Crippen LogP contribution in [0, 0.1) is 11.6 Å². The maximum atomic E-state index is 13.0. The molecule has 0 radical (unpaired) electrons. The molecule has 0 atom stereocenters. The van der Waals surface area contributed by atoms with E-state index in [1.54, 1.807) is 6.92 Å². The topological polar surface area (TPSA) is 12.0 Å². The summed E-state index contributed by atoms with van der Waals surface area (Å²) in [5.41, 5.74) is 0.730. The van der Waals surface area contributed by atoms with Crippen LogP contribution in [-0.2, 0) is 0 Å². The summed E-state index contributed by atoms with van der Waals surface area (Å²) in [6.45, 7) is 5.78. The van der Waals surface area contributed by atoms with Crippen molar-refractivity contribution in [3.05, 3.63) is 42.0 Å². The minimum absolute atomic E-state index is 0.0921. The average Bonchev–Trinajstić information content (AvgIpc) is 2.03. The molecule has 0 aliphatic rings. The van der Waals surface area contributed by atoms with Crippen LogP contribution in [0.5, 0.6) is 0 Å². The van der Waals surface area contributed by atoms with E-state index < -0.39 is 11.6 Å². The van der Waals surface area contributed by atoms with Gasteiger partial charge in [0.2, 0.25) is 0 Å². The van der Waals surface area contributed by atoms with Crippen LogP contribution in [0.2, 0.25) is 0 Å². The Morgan fingerprint density at radius 1 is 1.38 bits per heavy atom. The van der Waals surface area contributed by atoms with Crippen molar-refractivity contribution in [2.75, 3.05) is 11.9 Å². The van der Waals surface area contributed by atoms with Gasteiger partial charge in [-0.1, -0.05) is 18.2 Å². The van der Waals surface area contributed by atoms with Crippen LogP contribution in [0.4, 0.5) is 14.5 Å². The van der Waals surface area contributed by atoms with Crippen molar-refractivity contribution in [1.82, 2.24) is 0 Å². The average molecular weight is 183 g/mol. The fraction of sp³-hybridized carbons (Fsp3) is 0.200. The van der Waals surface area contributed by atoms with E-state index in [-0.39, 0.29) is 5.69 Å². The summed E-state index contributed by atoms with van der Waals surface area (Å²) in [5, 5.41) is 2.63. The highest BCUT2D eigenvalue weighted by Gasteiger charge is 2.06. The predicted octanol–water partition coefficient (Wildman–Crippen LogP) is 2.95. The lowest BCUT2D eigenvalue weighted by Gasteiger charge is -2.07. The van der Waals surface area contributed by atoms with Crippen molar-refractivity contribution >= 4 is 5.69 Å². The Labute approximate surface area is 76.1 Å². The van der Waals surface area contributed by atoms with Crippen LogP contribution in [0.1, 0.15) is 6.92 Å². The van der Waals surface area contributed by atoms with Crippen molar-refractivity contribution in [3.63, 3.8) is 0 Å². The molecule has 0 aliphatic heterocycles. The predicted molar refractivity (Wildman–Crippen MR) is 49.7 cm³/mol. The molecule has 13 heavy (non-hydrogen) atoms. The summed E-state index contributed by atoms with van der Waals surface area (Å²) in [4.78, 5) is 0. The lowest BCUT2D eigenvalue weighted by Crippen LogP contribution is -2.05. The molecule has 70 valence electrons. The molecule has 1 aromatic rings. The second kappa shape index (κ2) is 4.03. The number of benzene rings is 1. The third-order valence-electron chi connectivity index (χ3n) is 1.53. The Bertz CT molecular complexity index is 300. The second-order valence-electron chi connectivity index (χ2n) is 2.91. The molecule has 1 nitrogen and oxygen atoms in total. The normalized spacial score (nSPS) is 9.77. The first-order chi connectivity index (χ1) is 6.11. The molecule has 0 aromatic heterocycles. The van der Waals surface area contributed by atoms with Gasteiger partial charge in [0.1, 0.15) is 17.3 Å². The van der Waals surface area contributed by atoms with Gasteiger partial charge in [-0.3, -0.25) is 0 Å². The summed E-state index contributed by atoms with van der Waals surface area (Å²) in [6, 6.07) is 3.75. The van der Waals surface area contributed by atoms with Gasteiger partial charge in [0.15, 0.2) is 0 Å². The zero-order valence-corrected chi connectivity index (χ0v) is 7.40. The van der Waals surface area contributed by atoms with Crippen LogP contribution in [0.3, 0.4) is 0 Å². The quantitative estimate of drug-likeness (QED) is 0.710. The number of hydrogen-bond acceptors (Lipinski definition) is 1. The number of anilines is 1. The standard InChI is InChI=1S/C10H11F2N/c1-7(2)6-13-10-8(11)4-3-5-9(10)12/h3-5,13H,1,6H2,2H3. The van der Waals surface area contributed by atoms with Crippen LogP contribution in [-0.4, -0.2) is 6.54 Å². The van der Waals surface area contributed by atoms with E-state index in [1.165, 1.54) is 18.2 Å². The van der Waals surface area contributed by atoms with E-state index in [4.69, 9.17) is 0 Å². The first-order valence-corrected chi connectivity index (χ1v) is 3.93. The van der Waals surface area contributed by atoms with E-state index >= 15 is 0 Å². The molecule has 0 bridgehead atoms. The molecule has 0 amide bonds. The summed E-state index contributed by atoms with van der Waals surface area (Å²) >= 11 is 0. The maximum absolute atomic E-state index is 13.0. The fourth-order valence-corrected chi connectivity index (χ4v) is 0.906. The molecule has 1 aromatic carbocycles. The molecule has 0 spiro atoms. The van der Waals surface area contributed by atoms with Gasteiger partial charge in [-0.05, 0) is 19.1 Å². The van der Waals surface area contributed by atoms with Gasteiger partial charge in [0.05, 0.1) is 0 Å². The van der Waals surface area contributed by atoms with Gasteiger partial charge < -0.3 is 5.32 Å². The first kappa shape index (κ1) is 9.71. The highest BCUT2D eigenvalue weighted by atomic mass is 19.1. The highest BCUT2D eigenvalue weighted by molar-refractivity contribution is 5.46. The van der Waals surface area contributed by atoms with Gasteiger partial charge in [0, 0.05) is 6.54 Å². The van der Waals surface area contributed by atoms with Crippen molar-refractivity contribution in [3.8, 4) is 0 Å². The van der Waals surface area contributed by atoms with Crippen LogP contribution < -0.4 is 5.32 Å². The van der Waals surface area contributed by atoms with Crippen LogP contribution in [0.15, 0.2) is 30.4 Å². The lowest BCUT2D eigenvalue weighted by molar-refractivity contribution is 0.589. The zero-order chi connectivity index (χ0) is 9.84. The Kier molecular flexibility index (Phi) is 3.01. The zero-order valence-electron chi connectivity index (χ0n) is 7.40. The minimum Gasteiger partial charge on any atom is -0.377 e. The van der Waals surface area contributed by atoms with E-state index in [0.29, 0.717) is 6.54 Å². The molecule has 0 fully saturated rings. The number of halogens is 2. The molecule has 1 rings (SSSR count). The van der Waals surface area contributed by atoms with E-state index in [2.05, 4.69) is 11.9 Å². The number of para-hydroxylation sites is 1. The van der Waals surface area contributed by atoms with E-state index in [0.717, 1.165) is 5.57 Å². The van der Waals surface area contributed by atoms with Crippen LogP contribution in [0.25, 0.3) is 0 Å². The molecular weight excluding hydrogens is 172 g/mol. The summed E-state index contributed by atoms with van der Waals surface area (Å²) in [7, 11) is 0. The summed E-state index contributed by atoms with van der Waals surface area (Å²) < 4.78 is 25.9.